The van der Waals surface area contributed by atoms with E-state index < -0.39 is 35.2 Å². The van der Waals surface area contributed by atoms with E-state index in [0.29, 0.717) is 43.9 Å². The Hall–Kier alpha value is -2.22. The molecule has 1 aromatic carbocycles. The molecule has 1 heterocycles. The highest BCUT2D eigenvalue weighted by Crippen LogP contribution is 2.69. The molecule has 3 N–H and O–H groups in total. The van der Waals surface area contributed by atoms with E-state index in [2.05, 4.69) is 38.1 Å². The van der Waals surface area contributed by atoms with Crippen molar-refractivity contribution >= 4 is 11.9 Å². The minimum Gasteiger partial charge on any atom is -0.462 e. The Morgan fingerprint density at radius 1 is 0.962 bits per heavy atom. The summed E-state index contributed by atoms with van der Waals surface area (Å²) in [6, 6.07) is 10.6. The van der Waals surface area contributed by atoms with Gasteiger partial charge < -0.3 is 24.8 Å². The summed E-state index contributed by atoms with van der Waals surface area (Å²) in [5.41, 5.74) is -0.920. The molecule has 0 bridgehead atoms. The van der Waals surface area contributed by atoms with Crippen molar-refractivity contribution in [2.45, 2.75) is 173 Å². The van der Waals surface area contributed by atoms with Gasteiger partial charge in [-0.2, -0.15) is 0 Å². The maximum atomic E-state index is 14.0. The molecule has 7 nitrogen and oxygen atoms in total. The molecule has 0 aromatic heterocycles. The topological polar surface area (TPSA) is 113 Å². The summed E-state index contributed by atoms with van der Waals surface area (Å²) in [6.45, 7) is 6.84. The number of fused-ring (bicyclic) bond motifs is 1. The predicted molar refractivity (Wildman–Crippen MR) is 203 cm³/mol. The van der Waals surface area contributed by atoms with E-state index in [0.717, 1.165) is 95.5 Å². The summed E-state index contributed by atoms with van der Waals surface area (Å²) in [5, 5.41) is 39.1. The molecule has 5 aliphatic rings. The first kappa shape index (κ1) is 39.5. The van der Waals surface area contributed by atoms with Crippen molar-refractivity contribution in [2.24, 2.45) is 40.4 Å². The summed E-state index contributed by atoms with van der Waals surface area (Å²) < 4.78 is 12.0. The lowest BCUT2D eigenvalue weighted by molar-refractivity contribution is -0.327. The molecule has 52 heavy (non-hydrogen) atoms. The maximum Gasteiger partial charge on any atom is 0.331 e. The van der Waals surface area contributed by atoms with E-state index in [1.807, 2.05) is 13.0 Å². The van der Waals surface area contributed by atoms with Gasteiger partial charge in [-0.15, -0.1) is 0 Å². The van der Waals surface area contributed by atoms with Crippen LogP contribution in [0.3, 0.4) is 0 Å². The Balaban J connectivity index is 1.36. The predicted octanol–water partition coefficient (Wildman–Crippen LogP) is 8.66. The SMILES string of the molecule is CC(CCCc1ccccc1)CCC(O)C12C(O)CCC(C)(C3CCCCC3)C1C(OC(=O)C1CCCCC1)CC(C)C2(O)CCC1=CC(=O)OC1. The zero-order valence-corrected chi connectivity index (χ0v) is 32.4. The number of ether oxygens (including phenoxy) is 2. The van der Waals surface area contributed by atoms with Gasteiger partial charge in [-0.25, -0.2) is 4.79 Å². The third-order valence-electron chi connectivity index (χ3n) is 15.0. The van der Waals surface area contributed by atoms with Gasteiger partial charge in [0.05, 0.1) is 29.1 Å². The van der Waals surface area contributed by atoms with Gasteiger partial charge in [0.15, 0.2) is 0 Å². The molecule has 7 heteroatoms. The number of esters is 2. The summed E-state index contributed by atoms with van der Waals surface area (Å²) >= 11 is 0. The van der Waals surface area contributed by atoms with E-state index in [4.69, 9.17) is 9.47 Å². The molecule has 4 aliphatic carbocycles. The second-order valence-electron chi connectivity index (χ2n) is 18.2. The molecule has 9 atom stereocenters. The molecular formula is C45H68O7. The number of cyclic esters (lactones) is 1. The van der Waals surface area contributed by atoms with E-state index in [1.54, 1.807) is 0 Å². The van der Waals surface area contributed by atoms with Crippen molar-refractivity contribution < 1.29 is 34.4 Å². The molecule has 1 aromatic rings. The lowest BCUT2D eigenvalue weighted by Crippen LogP contribution is -2.77. The largest absolute Gasteiger partial charge is 0.462 e. The molecule has 6 rings (SSSR count). The molecule has 0 saturated heterocycles. The van der Waals surface area contributed by atoms with Crippen molar-refractivity contribution in [3.8, 4) is 0 Å². The lowest BCUT2D eigenvalue weighted by atomic mass is 9.37. The Bertz CT molecular complexity index is 1360. The number of rotatable bonds is 14. The van der Waals surface area contributed by atoms with Crippen molar-refractivity contribution in [1.82, 2.24) is 0 Å². The smallest absolute Gasteiger partial charge is 0.331 e. The Morgan fingerprint density at radius 2 is 1.65 bits per heavy atom. The maximum absolute atomic E-state index is 14.0. The fraction of sp³-hybridized carbons (Fsp3) is 0.778. The zero-order valence-electron chi connectivity index (χ0n) is 32.4. The average molecular weight is 721 g/mol. The van der Waals surface area contributed by atoms with Crippen LogP contribution in [0.5, 0.6) is 0 Å². The summed E-state index contributed by atoms with van der Waals surface area (Å²) in [4.78, 5) is 26.1. The number of carbonyl (C=O) groups is 2. The Kier molecular flexibility index (Phi) is 13.0. The van der Waals surface area contributed by atoms with E-state index in [-0.39, 0.29) is 35.8 Å². The molecule has 9 unspecified atom stereocenters. The third kappa shape index (κ3) is 7.94. The number of hydrogen-bond donors (Lipinski definition) is 3. The van der Waals surface area contributed by atoms with Gasteiger partial charge >= 0.3 is 11.9 Å². The average Bonchev–Trinajstić information content (AvgIpc) is 3.58. The van der Waals surface area contributed by atoms with Gasteiger partial charge in [-0.1, -0.05) is 96.0 Å². The van der Waals surface area contributed by atoms with Gasteiger partial charge in [0.2, 0.25) is 0 Å². The van der Waals surface area contributed by atoms with Crippen LogP contribution in [0, 0.1) is 40.4 Å². The fourth-order valence-electron chi connectivity index (χ4n) is 12.1. The van der Waals surface area contributed by atoms with Gasteiger partial charge in [0.25, 0.3) is 0 Å². The monoisotopic (exact) mass is 720 g/mol. The van der Waals surface area contributed by atoms with Gasteiger partial charge in [-0.3, -0.25) is 4.79 Å². The first-order chi connectivity index (χ1) is 25.0. The van der Waals surface area contributed by atoms with E-state index in [9.17, 15) is 24.9 Å². The lowest BCUT2D eigenvalue weighted by Gasteiger charge is -2.70. The number of carbonyl (C=O) groups excluding carboxylic acids is 2. The van der Waals surface area contributed by atoms with Crippen molar-refractivity contribution in [3.05, 3.63) is 47.5 Å². The minimum absolute atomic E-state index is 0.109. The minimum atomic E-state index is -1.45. The highest BCUT2D eigenvalue weighted by Gasteiger charge is 2.74. The summed E-state index contributed by atoms with van der Waals surface area (Å²) in [7, 11) is 0. The van der Waals surface area contributed by atoms with Gasteiger partial charge in [0, 0.05) is 12.0 Å². The van der Waals surface area contributed by atoms with Crippen LogP contribution < -0.4 is 0 Å². The fourth-order valence-corrected chi connectivity index (χ4v) is 12.1. The Morgan fingerprint density at radius 3 is 2.33 bits per heavy atom. The number of aliphatic hydroxyl groups is 3. The van der Waals surface area contributed by atoms with E-state index >= 15 is 0 Å². The summed E-state index contributed by atoms with van der Waals surface area (Å²) in [6.07, 6.45) is 16.6. The van der Waals surface area contributed by atoms with Crippen LogP contribution in [0.25, 0.3) is 0 Å². The normalized spacial score (nSPS) is 35.7. The van der Waals surface area contributed by atoms with Gasteiger partial charge in [0.1, 0.15) is 12.7 Å². The van der Waals surface area contributed by atoms with Crippen LogP contribution in [0.1, 0.15) is 148 Å². The zero-order chi connectivity index (χ0) is 36.9. The molecule has 4 fully saturated rings. The molecule has 290 valence electrons. The van der Waals surface area contributed by atoms with Crippen LogP contribution in [0.4, 0.5) is 0 Å². The number of aliphatic hydroxyl groups excluding tert-OH is 2. The van der Waals surface area contributed by atoms with Crippen LogP contribution >= 0.6 is 0 Å². The molecule has 0 spiro atoms. The molecule has 0 radical (unpaired) electrons. The van der Waals surface area contributed by atoms with Gasteiger partial charge in [-0.05, 0) is 118 Å². The van der Waals surface area contributed by atoms with Crippen molar-refractivity contribution in [3.63, 3.8) is 0 Å². The molecule has 4 saturated carbocycles. The Labute approximate surface area is 313 Å². The number of benzene rings is 1. The van der Waals surface area contributed by atoms with Crippen LogP contribution in [-0.4, -0.2) is 57.8 Å². The van der Waals surface area contributed by atoms with Crippen molar-refractivity contribution in [2.75, 3.05) is 6.61 Å². The van der Waals surface area contributed by atoms with Crippen molar-refractivity contribution in [1.29, 1.82) is 0 Å². The second-order valence-corrected chi connectivity index (χ2v) is 18.2. The second kappa shape index (κ2) is 17.1. The standard InChI is InChI=1S/C45H68O7/c1-31(14-13-17-33-15-7-4-8-16-33)22-23-38(46)45-39(47)25-26-43(3,36-20-11-6-12-21-36)41(45)37(52-42(49)35-18-9-5-10-19-35)28-32(2)44(45,50)27-24-34-29-40(48)51-30-34/h4,7-8,15-16,29,31-32,35-39,41,46-47,50H,5-6,9-14,17-28,30H2,1-3H3. The molecular weight excluding hydrogens is 652 g/mol. The number of aryl methyl sites for hydroxylation is 1. The molecule has 1 aliphatic heterocycles. The van der Waals surface area contributed by atoms with E-state index in [1.165, 1.54) is 18.1 Å². The van der Waals surface area contributed by atoms with Crippen LogP contribution in [0.15, 0.2) is 42.0 Å². The highest BCUT2D eigenvalue weighted by atomic mass is 16.5. The molecule has 0 amide bonds. The first-order valence-corrected chi connectivity index (χ1v) is 21.2. The highest BCUT2D eigenvalue weighted by molar-refractivity contribution is 5.85. The number of hydrogen-bond acceptors (Lipinski definition) is 7. The first-order valence-electron chi connectivity index (χ1n) is 21.2. The summed E-state index contributed by atoms with van der Waals surface area (Å²) in [5.74, 6) is -0.631. The quantitative estimate of drug-likeness (QED) is 0.165. The van der Waals surface area contributed by atoms with Crippen LogP contribution in [0.2, 0.25) is 0 Å². The van der Waals surface area contributed by atoms with Crippen LogP contribution in [-0.2, 0) is 25.5 Å². The third-order valence-corrected chi connectivity index (χ3v) is 15.0.